The Labute approximate surface area is 135 Å². The van der Waals surface area contributed by atoms with Crippen LogP contribution in [0.2, 0.25) is 0 Å². The van der Waals surface area contributed by atoms with E-state index in [1.165, 1.54) is 31.8 Å². The standard InChI is InChI=1S/C16H24N4O3/c1-12-6-9-19(14-5-3-2-4-13(12)14)16(21)7-8-18-10-15(17-11-18)20(22)23/h10-14H,2-9H2,1H3/t12-,13-,14+/m1/s1. The fraction of sp³-hybridized carbons (Fsp3) is 0.750. The van der Waals surface area contributed by atoms with E-state index in [9.17, 15) is 14.9 Å². The average Bonchev–Trinajstić information content (AvgIpc) is 3.02. The van der Waals surface area contributed by atoms with Crippen molar-refractivity contribution >= 4 is 11.7 Å². The van der Waals surface area contributed by atoms with Crippen molar-refractivity contribution in [2.24, 2.45) is 11.8 Å². The van der Waals surface area contributed by atoms with Gasteiger partial charge in [-0.25, -0.2) is 0 Å². The largest absolute Gasteiger partial charge is 0.381 e. The maximum Gasteiger partial charge on any atom is 0.381 e. The van der Waals surface area contributed by atoms with E-state index in [4.69, 9.17) is 0 Å². The Balaban J connectivity index is 1.59. The zero-order valence-corrected chi connectivity index (χ0v) is 13.6. The van der Waals surface area contributed by atoms with Crippen molar-refractivity contribution in [3.8, 4) is 0 Å². The molecular formula is C16H24N4O3. The molecule has 1 aromatic rings. The van der Waals surface area contributed by atoms with Crippen LogP contribution in [0.25, 0.3) is 0 Å². The second-order valence-corrected chi connectivity index (χ2v) is 6.85. The highest BCUT2D eigenvalue weighted by atomic mass is 16.6. The summed E-state index contributed by atoms with van der Waals surface area (Å²) in [6, 6.07) is 0.400. The second kappa shape index (κ2) is 6.68. The first-order chi connectivity index (χ1) is 11.1. The number of amides is 1. The van der Waals surface area contributed by atoms with E-state index in [-0.39, 0.29) is 11.7 Å². The minimum Gasteiger partial charge on any atom is -0.358 e. The lowest BCUT2D eigenvalue weighted by atomic mass is 9.72. The van der Waals surface area contributed by atoms with Crippen molar-refractivity contribution in [2.75, 3.05) is 6.54 Å². The molecule has 3 atom stereocenters. The number of likely N-dealkylation sites (tertiary alicyclic amines) is 1. The van der Waals surface area contributed by atoms with Gasteiger partial charge in [-0.1, -0.05) is 19.8 Å². The highest BCUT2D eigenvalue weighted by Crippen LogP contribution is 2.38. The summed E-state index contributed by atoms with van der Waals surface area (Å²) in [5.41, 5.74) is 0. The predicted molar refractivity (Wildman–Crippen MR) is 84.7 cm³/mol. The Kier molecular flexibility index (Phi) is 4.63. The molecule has 3 rings (SSSR count). The van der Waals surface area contributed by atoms with Crippen LogP contribution in [0.1, 0.15) is 45.4 Å². The number of carbonyl (C=O) groups excluding carboxylic acids is 1. The normalized spacial score (nSPS) is 27.5. The molecule has 0 N–H and O–H groups in total. The number of nitrogens with zero attached hydrogens (tertiary/aromatic N) is 4. The van der Waals surface area contributed by atoms with Crippen molar-refractivity contribution in [1.29, 1.82) is 0 Å². The van der Waals surface area contributed by atoms with Gasteiger partial charge in [-0.3, -0.25) is 4.79 Å². The number of carbonyl (C=O) groups is 1. The molecule has 0 spiro atoms. The molecule has 1 saturated carbocycles. The molecule has 0 aromatic carbocycles. The average molecular weight is 320 g/mol. The molecule has 0 radical (unpaired) electrons. The zero-order chi connectivity index (χ0) is 16.4. The smallest absolute Gasteiger partial charge is 0.358 e. The Morgan fingerprint density at radius 1 is 1.39 bits per heavy atom. The van der Waals surface area contributed by atoms with Crippen LogP contribution >= 0.6 is 0 Å². The molecule has 2 heterocycles. The van der Waals surface area contributed by atoms with Gasteiger partial charge in [-0.05, 0) is 41.0 Å². The van der Waals surface area contributed by atoms with Crippen LogP contribution in [0.15, 0.2) is 12.5 Å². The highest BCUT2D eigenvalue weighted by molar-refractivity contribution is 5.76. The zero-order valence-electron chi connectivity index (χ0n) is 13.6. The van der Waals surface area contributed by atoms with Gasteiger partial charge in [0.25, 0.3) is 0 Å². The number of aromatic nitrogens is 2. The van der Waals surface area contributed by atoms with Crippen molar-refractivity contribution in [2.45, 2.75) is 58.0 Å². The van der Waals surface area contributed by atoms with Gasteiger partial charge in [0.1, 0.15) is 6.20 Å². The fourth-order valence-electron chi connectivity index (χ4n) is 4.16. The highest BCUT2D eigenvalue weighted by Gasteiger charge is 2.39. The van der Waals surface area contributed by atoms with Crippen LogP contribution in [-0.2, 0) is 11.3 Å². The second-order valence-electron chi connectivity index (χ2n) is 6.85. The Morgan fingerprint density at radius 3 is 2.91 bits per heavy atom. The molecule has 0 bridgehead atoms. The van der Waals surface area contributed by atoms with E-state index < -0.39 is 4.92 Å². The van der Waals surface area contributed by atoms with Crippen molar-refractivity contribution < 1.29 is 9.72 Å². The van der Waals surface area contributed by atoms with Gasteiger partial charge < -0.3 is 19.6 Å². The lowest BCUT2D eigenvalue weighted by Gasteiger charge is -2.47. The summed E-state index contributed by atoms with van der Waals surface area (Å²) in [6.07, 6.45) is 9.13. The Hall–Kier alpha value is -1.92. The monoisotopic (exact) mass is 320 g/mol. The van der Waals surface area contributed by atoms with Crippen LogP contribution in [0, 0.1) is 22.0 Å². The van der Waals surface area contributed by atoms with Crippen molar-refractivity contribution in [3.63, 3.8) is 0 Å². The molecule has 7 nitrogen and oxygen atoms in total. The maximum absolute atomic E-state index is 12.6. The summed E-state index contributed by atoms with van der Waals surface area (Å²) in [5.74, 6) is 1.36. The number of piperidine rings is 1. The van der Waals surface area contributed by atoms with Crippen LogP contribution in [0.5, 0.6) is 0 Å². The minimum atomic E-state index is -0.517. The molecule has 1 aromatic heterocycles. The third kappa shape index (κ3) is 3.38. The first-order valence-electron chi connectivity index (χ1n) is 8.52. The molecule has 1 amide bonds. The van der Waals surface area contributed by atoms with E-state index in [0.717, 1.165) is 19.4 Å². The van der Waals surface area contributed by atoms with Gasteiger partial charge >= 0.3 is 5.82 Å². The summed E-state index contributed by atoms with van der Waals surface area (Å²) in [4.78, 5) is 28.6. The topological polar surface area (TPSA) is 81.3 Å². The van der Waals surface area contributed by atoms with Gasteiger partial charge in [0.2, 0.25) is 12.2 Å². The number of aryl methyl sites for hydroxylation is 1. The quantitative estimate of drug-likeness (QED) is 0.631. The molecule has 1 aliphatic heterocycles. The molecule has 7 heteroatoms. The molecule has 0 unspecified atom stereocenters. The number of fused-ring (bicyclic) bond motifs is 1. The summed E-state index contributed by atoms with van der Waals surface area (Å²) in [7, 11) is 0. The molecule has 126 valence electrons. The van der Waals surface area contributed by atoms with Gasteiger partial charge in [-0.15, -0.1) is 0 Å². The lowest BCUT2D eigenvalue weighted by molar-refractivity contribution is -0.389. The van der Waals surface area contributed by atoms with E-state index in [1.54, 1.807) is 4.57 Å². The Morgan fingerprint density at radius 2 is 2.17 bits per heavy atom. The summed E-state index contributed by atoms with van der Waals surface area (Å²) in [5, 5.41) is 10.6. The SMILES string of the molecule is C[C@@H]1CCN(C(=O)CCn2cnc([N+](=O)[O-])c2)[C@H]2CCCC[C@H]12. The number of hydrogen-bond acceptors (Lipinski definition) is 4. The van der Waals surface area contributed by atoms with Crippen molar-refractivity contribution in [3.05, 3.63) is 22.6 Å². The molecule has 1 aliphatic carbocycles. The number of hydrogen-bond donors (Lipinski definition) is 0. The summed E-state index contributed by atoms with van der Waals surface area (Å²) >= 11 is 0. The van der Waals surface area contributed by atoms with Crippen LogP contribution in [0.4, 0.5) is 5.82 Å². The number of nitro groups is 1. The first kappa shape index (κ1) is 16.0. The van der Waals surface area contributed by atoms with Crippen molar-refractivity contribution in [1.82, 2.24) is 14.5 Å². The number of rotatable bonds is 4. The molecule has 2 fully saturated rings. The fourth-order valence-corrected chi connectivity index (χ4v) is 4.16. The van der Waals surface area contributed by atoms with Crippen LogP contribution in [0.3, 0.4) is 0 Å². The Bertz CT molecular complexity index is 586. The van der Waals surface area contributed by atoms with E-state index in [2.05, 4.69) is 16.8 Å². The minimum absolute atomic E-state index is 0.170. The summed E-state index contributed by atoms with van der Waals surface area (Å²) < 4.78 is 1.63. The molecule has 23 heavy (non-hydrogen) atoms. The third-order valence-electron chi connectivity index (χ3n) is 5.45. The van der Waals surface area contributed by atoms with E-state index in [0.29, 0.717) is 30.8 Å². The van der Waals surface area contributed by atoms with Crippen LogP contribution < -0.4 is 0 Å². The number of imidazole rings is 1. The molecular weight excluding hydrogens is 296 g/mol. The third-order valence-corrected chi connectivity index (χ3v) is 5.45. The first-order valence-corrected chi connectivity index (χ1v) is 8.52. The van der Waals surface area contributed by atoms with Gasteiger partial charge in [-0.2, -0.15) is 0 Å². The molecule has 2 aliphatic rings. The van der Waals surface area contributed by atoms with Crippen LogP contribution in [-0.4, -0.2) is 37.9 Å². The van der Waals surface area contributed by atoms with Gasteiger partial charge in [0, 0.05) is 25.6 Å². The lowest BCUT2D eigenvalue weighted by Crippen LogP contribution is -2.52. The van der Waals surface area contributed by atoms with Gasteiger partial charge in [0.15, 0.2) is 0 Å². The predicted octanol–water partition coefficient (Wildman–Crippen LogP) is 2.61. The van der Waals surface area contributed by atoms with E-state index >= 15 is 0 Å². The maximum atomic E-state index is 12.6. The summed E-state index contributed by atoms with van der Waals surface area (Å²) in [6.45, 7) is 3.61. The van der Waals surface area contributed by atoms with Gasteiger partial charge in [0.05, 0.1) is 0 Å². The molecule has 1 saturated heterocycles. The van der Waals surface area contributed by atoms with E-state index in [1.807, 2.05) is 0 Å².